The Bertz CT molecular complexity index is 377. The van der Waals surface area contributed by atoms with Crippen molar-refractivity contribution in [1.82, 2.24) is 15.1 Å². The van der Waals surface area contributed by atoms with Crippen LogP contribution in [0.15, 0.2) is 28.7 Å². The number of halogens is 1. The molecule has 100 valence electrons. The van der Waals surface area contributed by atoms with Crippen LogP contribution < -0.4 is 5.32 Å². The van der Waals surface area contributed by atoms with Gasteiger partial charge in [0, 0.05) is 30.1 Å². The first kappa shape index (κ1) is 14.0. The van der Waals surface area contributed by atoms with E-state index in [-0.39, 0.29) is 0 Å². The van der Waals surface area contributed by atoms with Crippen LogP contribution in [0, 0.1) is 0 Å². The number of benzene rings is 1. The molecule has 0 aliphatic carbocycles. The van der Waals surface area contributed by atoms with Gasteiger partial charge in [0.1, 0.15) is 0 Å². The Labute approximate surface area is 118 Å². The highest BCUT2D eigenvalue weighted by Gasteiger charge is 2.30. The van der Waals surface area contributed by atoms with Crippen LogP contribution in [0.1, 0.15) is 11.6 Å². The van der Waals surface area contributed by atoms with Gasteiger partial charge in [-0.1, -0.05) is 28.1 Å². The van der Waals surface area contributed by atoms with Gasteiger partial charge in [-0.2, -0.15) is 0 Å². The summed E-state index contributed by atoms with van der Waals surface area (Å²) < 4.78 is 1.14. The molecule has 1 aromatic rings. The summed E-state index contributed by atoms with van der Waals surface area (Å²) in [6.45, 7) is 3.26. The van der Waals surface area contributed by atoms with E-state index in [1.54, 1.807) is 0 Å². The molecule has 4 heteroatoms. The van der Waals surface area contributed by atoms with Crippen LogP contribution in [0.3, 0.4) is 0 Å². The average molecular weight is 312 g/mol. The van der Waals surface area contributed by atoms with Crippen molar-refractivity contribution in [3.8, 4) is 0 Å². The Morgan fingerprint density at radius 2 is 2.00 bits per heavy atom. The van der Waals surface area contributed by atoms with Gasteiger partial charge in [-0.15, -0.1) is 0 Å². The van der Waals surface area contributed by atoms with Gasteiger partial charge in [-0.05, 0) is 38.8 Å². The fourth-order valence-electron chi connectivity index (χ4n) is 2.70. The Balaban J connectivity index is 2.24. The second-order valence-corrected chi connectivity index (χ2v) is 6.13. The van der Waals surface area contributed by atoms with Crippen molar-refractivity contribution in [2.24, 2.45) is 0 Å². The lowest BCUT2D eigenvalue weighted by molar-refractivity contribution is 0.107. The average Bonchev–Trinajstić information content (AvgIpc) is 2.34. The smallest absolute Gasteiger partial charge is 0.0510 e. The lowest BCUT2D eigenvalue weighted by Gasteiger charge is -2.41. The molecule has 1 heterocycles. The Hall–Kier alpha value is -0.420. The van der Waals surface area contributed by atoms with E-state index < -0.39 is 0 Å². The number of hydrogen-bond acceptors (Lipinski definition) is 3. The molecule has 1 fully saturated rings. The molecule has 1 aliphatic heterocycles. The second kappa shape index (κ2) is 6.15. The van der Waals surface area contributed by atoms with Crippen molar-refractivity contribution in [3.05, 3.63) is 34.3 Å². The highest BCUT2D eigenvalue weighted by atomic mass is 79.9. The molecule has 2 atom stereocenters. The summed E-state index contributed by atoms with van der Waals surface area (Å²) in [6, 6.07) is 9.64. The third kappa shape index (κ3) is 3.12. The van der Waals surface area contributed by atoms with E-state index >= 15 is 0 Å². The molecule has 1 saturated heterocycles. The highest BCUT2D eigenvalue weighted by Crippen LogP contribution is 2.27. The molecule has 2 unspecified atom stereocenters. The van der Waals surface area contributed by atoms with Crippen LogP contribution in [0.2, 0.25) is 0 Å². The zero-order valence-corrected chi connectivity index (χ0v) is 12.9. The summed E-state index contributed by atoms with van der Waals surface area (Å²) in [6.07, 6.45) is 0. The molecule has 18 heavy (non-hydrogen) atoms. The Kier molecular flexibility index (Phi) is 4.78. The largest absolute Gasteiger partial charge is 0.314 e. The van der Waals surface area contributed by atoms with E-state index in [1.165, 1.54) is 5.56 Å². The third-order valence-corrected chi connectivity index (χ3v) is 4.22. The SMILES string of the molecule is CN(C)C(c1ccc(Br)cc1)C1CNCCN1C. The van der Waals surface area contributed by atoms with Gasteiger partial charge in [0.15, 0.2) is 0 Å². The van der Waals surface area contributed by atoms with Crippen molar-refractivity contribution in [2.45, 2.75) is 12.1 Å². The summed E-state index contributed by atoms with van der Waals surface area (Å²) in [5.74, 6) is 0. The molecular weight excluding hydrogens is 290 g/mol. The number of nitrogens with zero attached hydrogens (tertiary/aromatic N) is 2. The minimum atomic E-state index is 0.427. The summed E-state index contributed by atoms with van der Waals surface area (Å²) >= 11 is 3.50. The minimum Gasteiger partial charge on any atom is -0.314 e. The van der Waals surface area contributed by atoms with E-state index in [0.29, 0.717) is 12.1 Å². The topological polar surface area (TPSA) is 18.5 Å². The summed E-state index contributed by atoms with van der Waals surface area (Å²) in [5.41, 5.74) is 1.38. The molecule has 1 aliphatic rings. The van der Waals surface area contributed by atoms with Crippen LogP contribution in [0.25, 0.3) is 0 Å². The zero-order valence-electron chi connectivity index (χ0n) is 11.4. The molecular formula is C14H22BrN3. The molecule has 0 radical (unpaired) electrons. The van der Waals surface area contributed by atoms with Gasteiger partial charge in [-0.3, -0.25) is 4.90 Å². The molecule has 0 aromatic heterocycles. The standard InChI is InChI=1S/C14H22BrN3/c1-17(2)14(11-4-6-12(15)7-5-11)13-10-16-8-9-18(13)3/h4-7,13-14,16H,8-10H2,1-3H3. The van der Waals surface area contributed by atoms with Gasteiger partial charge in [0.25, 0.3) is 0 Å². The highest BCUT2D eigenvalue weighted by molar-refractivity contribution is 9.10. The lowest BCUT2D eigenvalue weighted by atomic mass is 9.96. The van der Waals surface area contributed by atoms with Crippen LogP contribution in [0.4, 0.5) is 0 Å². The van der Waals surface area contributed by atoms with Crippen molar-refractivity contribution < 1.29 is 0 Å². The molecule has 3 nitrogen and oxygen atoms in total. The first-order valence-electron chi connectivity index (χ1n) is 6.42. The fraction of sp³-hybridized carbons (Fsp3) is 0.571. The fourth-order valence-corrected chi connectivity index (χ4v) is 2.97. The zero-order chi connectivity index (χ0) is 13.1. The van der Waals surface area contributed by atoms with Crippen LogP contribution >= 0.6 is 15.9 Å². The Morgan fingerprint density at radius 1 is 1.33 bits per heavy atom. The molecule has 0 saturated carbocycles. The van der Waals surface area contributed by atoms with E-state index in [2.05, 4.69) is 76.5 Å². The lowest BCUT2D eigenvalue weighted by Crippen LogP contribution is -2.54. The van der Waals surface area contributed by atoms with Gasteiger partial charge in [-0.25, -0.2) is 0 Å². The number of likely N-dealkylation sites (N-methyl/N-ethyl adjacent to an activating group) is 2. The maximum atomic E-state index is 3.50. The van der Waals surface area contributed by atoms with Crippen molar-refractivity contribution in [2.75, 3.05) is 40.8 Å². The molecule has 0 bridgehead atoms. The minimum absolute atomic E-state index is 0.427. The van der Waals surface area contributed by atoms with Gasteiger partial charge < -0.3 is 10.2 Å². The second-order valence-electron chi connectivity index (χ2n) is 5.21. The predicted octanol–water partition coefficient (Wildman–Crippen LogP) is 1.96. The number of hydrogen-bond donors (Lipinski definition) is 1. The molecule has 2 rings (SSSR count). The molecule has 1 aromatic carbocycles. The first-order chi connectivity index (χ1) is 8.59. The maximum Gasteiger partial charge on any atom is 0.0510 e. The monoisotopic (exact) mass is 311 g/mol. The van der Waals surface area contributed by atoms with Gasteiger partial charge in [0.2, 0.25) is 0 Å². The number of rotatable bonds is 3. The van der Waals surface area contributed by atoms with Crippen LogP contribution in [0.5, 0.6) is 0 Å². The van der Waals surface area contributed by atoms with E-state index in [9.17, 15) is 0 Å². The van der Waals surface area contributed by atoms with Gasteiger partial charge >= 0.3 is 0 Å². The molecule has 0 amide bonds. The van der Waals surface area contributed by atoms with E-state index in [0.717, 1.165) is 24.1 Å². The summed E-state index contributed by atoms with van der Waals surface area (Å²) in [5, 5.41) is 3.50. The van der Waals surface area contributed by atoms with Crippen LogP contribution in [-0.4, -0.2) is 56.6 Å². The molecule has 1 N–H and O–H groups in total. The van der Waals surface area contributed by atoms with Crippen LogP contribution in [-0.2, 0) is 0 Å². The normalized spacial score (nSPS) is 23.3. The van der Waals surface area contributed by atoms with E-state index in [4.69, 9.17) is 0 Å². The van der Waals surface area contributed by atoms with Crippen molar-refractivity contribution in [3.63, 3.8) is 0 Å². The number of nitrogens with one attached hydrogen (secondary N) is 1. The Morgan fingerprint density at radius 3 is 2.56 bits per heavy atom. The summed E-state index contributed by atoms with van der Waals surface area (Å²) in [4.78, 5) is 4.78. The molecule has 0 spiro atoms. The summed E-state index contributed by atoms with van der Waals surface area (Å²) in [7, 11) is 6.55. The first-order valence-corrected chi connectivity index (χ1v) is 7.21. The quantitative estimate of drug-likeness (QED) is 0.920. The van der Waals surface area contributed by atoms with Crippen molar-refractivity contribution in [1.29, 1.82) is 0 Å². The van der Waals surface area contributed by atoms with Gasteiger partial charge in [0.05, 0.1) is 6.04 Å². The predicted molar refractivity (Wildman–Crippen MR) is 79.9 cm³/mol. The number of piperazine rings is 1. The third-order valence-electron chi connectivity index (χ3n) is 3.69. The van der Waals surface area contributed by atoms with Crippen molar-refractivity contribution >= 4 is 15.9 Å². The van der Waals surface area contributed by atoms with E-state index in [1.807, 2.05) is 0 Å². The maximum absolute atomic E-state index is 3.50.